The molecule has 1 saturated heterocycles. The Balaban J connectivity index is -0.0000000458. The second kappa shape index (κ2) is 18.5. The van der Waals surface area contributed by atoms with Gasteiger partial charge in [0.05, 0.1) is 0 Å². The second-order valence-electron chi connectivity index (χ2n) is 4.07. The quantitative estimate of drug-likeness (QED) is 0.333. The van der Waals surface area contributed by atoms with Crippen molar-refractivity contribution in [2.45, 2.75) is 56.2 Å². The van der Waals surface area contributed by atoms with E-state index in [2.05, 4.69) is 22.4 Å². The second-order valence-corrected chi connectivity index (χ2v) is 5.36. The van der Waals surface area contributed by atoms with Gasteiger partial charge in [-0.25, -0.2) is 0 Å². The van der Waals surface area contributed by atoms with E-state index in [9.17, 15) is 0 Å². The molecule has 0 amide bonds. The summed E-state index contributed by atoms with van der Waals surface area (Å²) in [6.45, 7) is 2.00. The summed E-state index contributed by atoms with van der Waals surface area (Å²) in [5.41, 5.74) is 0. The summed E-state index contributed by atoms with van der Waals surface area (Å²) in [4.78, 5) is 0.877. The van der Waals surface area contributed by atoms with Crippen LogP contribution in [0.5, 0.6) is 0 Å². The molecule has 3 aliphatic rings. The number of alkyl halides is 1. The van der Waals surface area contributed by atoms with Crippen LogP contribution in [-0.4, -0.2) is 64.1 Å². The molecule has 0 aromatic carbocycles. The molecule has 0 aromatic heterocycles. The van der Waals surface area contributed by atoms with Crippen molar-refractivity contribution in [2.75, 3.05) is 13.2 Å². The molecule has 0 N–H and O–H groups in total. The molecule has 96 valence electrons. The zero-order valence-electron chi connectivity index (χ0n) is 12.8. The van der Waals surface area contributed by atoms with Crippen molar-refractivity contribution in [3.63, 3.8) is 0 Å². The third-order valence-corrected chi connectivity index (χ3v) is 3.59. The Kier molecular flexibility index (Phi) is 26.6. The van der Waals surface area contributed by atoms with Crippen molar-refractivity contribution >= 4 is 62.0 Å². The summed E-state index contributed by atoms with van der Waals surface area (Å²) in [7, 11) is 0. The SMILES string of the molecule is BrC1CCC1.C1CCOC1.[Br-].[CH-]1CCC1.[H-].[H-].[Mg+2].[Mg+2]. The van der Waals surface area contributed by atoms with Crippen molar-refractivity contribution in [1.82, 2.24) is 0 Å². The van der Waals surface area contributed by atoms with Gasteiger partial charge in [-0.05, 0) is 25.7 Å². The van der Waals surface area contributed by atoms with Crippen LogP contribution in [-0.2, 0) is 4.74 Å². The zero-order chi connectivity index (χ0) is 10.1. The summed E-state index contributed by atoms with van der Waals surface area (Å²) < 4.78 is 4.94. The molecular weight excluding hydrogens is 369 g/mol. The van der Waals surface area contributed by atoms with Gasteiger partial charge in [0, 0.05) is 18.0 Å². The van der Waals surface area contributed by atoms with Crippen LogP contribution in [0.25, 0.3) is 0 Å². The fourth-order valence-electron chi connectivity index (χ4n) is 1.07. The van der Waals surface area contributed by atoms with Crippen molar-refractivity contribution in [2.24, 2.45) is 0 Å². The summed E-state index contributed by atoms with van der Waals surface area (Å²) in [5.74, 6) is 0. The van der Waals surface area contributed by atoms with Crippen LogP contribution in [0.1, 0.15) is 54.2 Å². The van der Waals surface area contributed by atoms with Gasteiger partial charge in [0.1, 0.15) is 0 Å². The molecule has 5 heteroatoms. The molecule has 1 aliphatic heterocycles. The summed E-state index contributed by atoms with van der Waals surface area (Å²) in [6, 6.07) is 0. The number of halogens is 2. The van der Waals surface area contributed by atoms with E-state index in [1.165, 1.54) is 51.4 Å². The fraction of sp³-hybridized carbons (Fsp3) is 0.917. The molecule has 0 radical (unpaired) electrons. The van der Waals surface area contributed by atoms with E-state index in [4.69, 9.17) is 4.74 Å². The van der Waals surface area contributed by atoms with Gasteiger partial charge in [0.2, 0.25) is 0 Å². The Morgan fingerprint density at radius 3 is 1.35 bits per heavy atom. The third-order valence-electron chi connectivity index (χ3n) is 2.68. The zero-order valence-corrected chi connectivity index (χ0v) is 16.8. The van der Waals surface area contributed by atoms with Gasteiger partial charge >= 0.3 is 46.1 Å². The van der Waals surface area contributed by atoms with Gasteiger partial charge in [-0.3, -0.25) is 0 Å². The van der Waals surface area contributed by atoms with Gasteiger partial charge in [-0.1, -0.05) is 22.4 Å². The maximum atomic E-state index is 4.94. The predicted molar refractivity (Wildman–Crippen MR) is 78.5 cm³/mol. The predicted octanol–water partition coefficient (Wildman–Crippen LogP) is 0.573. The average Bonchev–Trinajstić information content (AvgIpc) is 2.53. The standard InChI is InChI=1S/C4H7Br.C4H8O.C4H7.BrH.2Mg.2H/c5-4-2-1-3-4;1-2-4-5-3-1;1-2-4-3-1;;;;;/h4H,1-3H2;1-4H2;1H,2-4H2;1H;;;;/q;;-1;;2*+2;2*-1/p-1. The minimum Gasteiger partial charge on any atom is -1.00 e. The van der Waals surface area contributed by atoms with E-state index in [1.54, 1.807) is 0 Å². The van der Waals surface area contributed by atoms with Crippen molar-refractivity contribution in [1.29, 1.82) is 0 Å². The molecule has 1 nitrogen and oxygen atoms in total. The summed E-state index contributed by atoms with van der Waals surface area (Å²) >= 11 is 3.46. The van der Waals surface area contributed by atoms with Crippen LogP contribution < -0.4 is 17.0 Å². The van der Waals surface area contributed by atoms with E-state index < -0.39 is 0 Å². The molecule has 2 aliphatic carbocycles. The molecule has 0 aromatic rings. The minimum absolute atomic E-state index is 0. The largest absolute Gasteiger partial charge is 2.00 e. The molecule has 2 saturated carbocycles. The van der Waals surface area contributed by atoms with Gasteiger partial charge in [-0.15, -0.1) is 6.42 Å². The molecule has 1 heterocycles. The topological polar surface area (TPSA) is 9.23 Å². The summed E-state index contributed by atoms with van der Waals surface area (Å²) in [5, 5.41) is 0. The van der Waals surface area contributed by atoms with Gasteiger partial charge in [-0.2, -0.15) is 12.8 Å². The first-order valence-corrected chi connectivity index (χ1v) is 6.84. The Hall–Kier alpha value is 2.45. The first-order chi connectivity index (χ1) is 6.89. The van der Waals surface area contributed by atoms with Crippen LogP contribution in [0.3, 0.4) is 0 Å². The molecule has 0 unspecified atom stereocenters. The van der Waals surface area contributed by atoms with E-state index in [0.717, 1.165) is 18.0 Å². The van der Waals surface area contributed by atoms with Crippen molar-refractivity contribution < 1.29 is 24.6 Å². The first kappa shape index (κ1) is 24.5. The maximum Gasteiger partial charge on any atom is 2.00 e. The molecule has 0 bridgehead atoms. The molecule has 17 heavy (non-hydrogen) atoms. The maximum absolute atomic E-state index is 4.94. The van der Waals surface area contributed by atoms with E-state index in [-0.39, 0.29) is 65.9 Å². The fourth-order valence-corrected chi connectivity index (χ4v) is 1.72. The number of rotatable bonds is 0. The normalized spacial score (nSPS) is 20.3. The minimum atomic E-state index is 0. The Morgan fingerprint density at radius 2 is 1.29 bits per heavy atom. The van der Waals surface area contributed by atoms with E-state index in [1.807, 2.05) is 0 Å². The van der Waals surface area contributed by atoms with Crippen molar-refractivity contribution in [3.05, 3.63) is 6.42 Å². The molecule has 3 fully saturated rings. The average molecular weight is 393 g/mol. The number of hydrogen-bond acceptors (Lipinski definition) is 1. The van der Waals surface area contributed by atoms with Crippen molar-refractivity contribution in [3.8, 4) is 0 Å². The van der Waals surface area contributed by atoms with Crippen LogP contribution >= 0.6 is 15.9 Å². The third kappa shape index (κ3) is 16.4. The smallest absolute Gasteiger partial charge is 1.00 e. The van der Waals surface area contributed by atoms with Crippen LogP contribution in [0.4, 0.5) is 0 Å². The van der Waals surface area contributed by atoms with Crippen LogP contribution in [0.2, 0.25) is 0 Å². The van der Waals surface area contributed by atoms with E-state index in [0.29, 0.717) is 0 Å². The van der Waals surface area contributed by atoms with E-state index >= 15 is 0 Å². The Morgan fingerprint density at radius 1 is 0.941 bits per heavy atom. The van der Waals surface area contributed by atoms with Crippen LogP contribution in [0, 0.1) is 6.42 Å². The van der Waals surface area contributed by atoms with Crippen LogP contribution in [0.15, 0.2) is 0 Å². The van der Waals surface area contributed by atoms with Gasteiger partial charge in [0.25, 0.3) is 0 Å². The Bertz CT molecular complexity index is 125. The monoisotopic (exact) mass is 390 g/mol. The van der Waals surface area contributed by atoms with Gasteiger partial charge < -0.3 is 31.0 Å². The molecular formula is C12H24Br2Mg2O. The molecule has 0 spiro atoms. The number of ether oxygens (including phenoxy) is 1. The Labute approximate surface area is 161 Å². The number of hydrogen-bond donors (Lipinski definition) is 0. The molecule has 3 rings (SSSR count). The first-order valence-electron chi connectivity index (χ1n) is 5.93. The van der Waals surface area contributed by atoms with Gasteiger partial charge in [0.15, 0.2) is 0 Å². The summed E-state index contributed by atoms with van der Waals surface area (Å²) in [6.07, 6.45) is 13.3. The molecule has 0 atom stereocenters.